The Balaban J connectivity index is 1.99. The van der Waals surface area contributed by atoms with Gasteiger partial charge in [-0.15, -0.1) is 5.53 Å². The number of unbranched alkanes of at least 4 members (excludes halogenated alkanes) is 1. The van der Waals surface area contributed by atoms with Crippen LogP contribution in [0.25, 0.3) is 0 Å². The molecule has 1 aliphatic rings. The largest absolute Gasteiger partial charge is 0.306 e. The lowest BCUT2D eigenvalue weighted by Crippen LogP contribution is -2.36. The van der Waals surface area contributed by atoms with Crippen LogP contribution in [0.15, 0.2) is 42.2 Å². The Bertz CT molecular complexity index is 332. The summed E-state index contributed by atoms with van der Waals surface area (Å²) in [6, 6.07) is 10.3. The zero-order valence-electron chi connectivity index (χ0n) is 9.03. The van der Waals surface area contributed by atoms with Crippen LogP contribution in [0.3, 0.4) is 0 Å². The maximum Gasteiger partial charge on any atom is 0.0589 e. The van der Waals surface area contributed by atoms with Gasteiger partial charge >= 0.3 is 0 Å². The molecule has 1 aromatic rings. The van der Waals surface area contributed by atoms with E-state index < -0.39 is 0 Å². The molecule has 15 heavy (non-hydrogen) atoms. The van der Waals surface area contributed by atoms with Crippen LogP contribution in [0.2, 0.25) is 0 Å². The minimum absolute atomic E-state index is 1.10. The molecule has 0 fully saturated rings. The van der Waals surface area contributed by atoms with Gasteiger partial charge in [0.05, 0.1) is 5.69 Å². The fourth-order valence-electron chi connectivity index (χ4n) is 1.57. The van der Waals surface area contributed by atoms with Gasteiger partial charge in [-0.2, -0.15) is 0 Å². The fourth-order valence-corrected chi connectivity index (χ4v) is 1.57. The molecule has 0 aromatic heterocycles. The fraction of sp³-hybridized carbons (Fsp3) is 0.333. The van der Waals surface area contributed by atoms with Crippen LogP contribution in [-0.4, -0.2) is 0 Å². The lowest BCUT2D eigenvalue weighted by molar-refractivity contribution is 0.629. The molecule has 0 spiro atoms. The predicted molar refractivity (Wildman–Crippen MR) is 62.8 cm³/mol. The first kappa shape index (κ1) is 10.1. The minimum Gasteiger partial charge on any atom is -0.306 e. The van der Waals surface area contributed by atoms with Crippen molar-refractivity contribution in [2.45, 2.75) is 26.2 Å². The summed E-state index contributed by atoms with van der Waals surface area (Å²) in [5.41, 5.74) is 8.70. The molecular weight excluding hydrogens is 186 g/mol. The van der Waals surface area contributed by atoms with Gasteiger partial charge in [-0.05, 0) is 25.0 Å². The van der Waals surface area contributed by atoms with E-state index in [1.54, 1.807) is 0 Å². The Morgan fingerprint density at radius 2 is 2.00 bits per heavy atom. The Hall–Kier alpha value is -1.48. The van der Waals surface area contributed by atoms with Crippen molar-refractivity contribution in [2.24, 2.45) is 0 Å². The summed E-state index contributed by atoms with van der Waals surface area (Å²) in [7, 11) is 0. The van der Waals surface area contributed by atoms with Gasteiger partial charge in [-0.1, -0.05) is 31.5 Å². The number of anilines is 1. The molecule has 1 aromatic carbocycles. The zero-order chi connectivity index (χ0) is 10.5. The van der Waals surface area contributed by atoms with Crippen LogP contribution in [-0.2, 0) is 0 Å². The number of para-hydroxylation sites is 1. The van der Waals surface area contributed by atoms with Crippen molar-refractivity contribution in [3.8, 4) is 0 Å². The van der Waals surface area contributed by atoms with Crippen LogP contribution in [0.5, 0.6) is 0 Å². The molecule has 0 amide bonds. The van der Waals surface area contributed by atoms with Crippen molar-refractivity contribution in [1.29, 1.82) is 0 Å². The lowest BCUT2D eigenvalue weighted by Gasteiger charge is -2.14. The molecule has 0 bridgehead atoms. The molecule has 80 valence electrons. The normalized spacial score (nSPS) is 15.0. The predicted octanol–water partition coefficient (Wildman–Crippen LogP) is 2.55. The van der Waals surface area contributed by atoms with Crippen LogP contribution in [0, 0.1) is 0 Å². The Kier molecular flexibility index (Phi) is 3.25. The molecule has 0 unspecified atom stereocenters. The number of nitrogens with one attached hydrogen (secondary N) is 2. The van der Waals surface area contributed by atoms with Crippen LogP contribution in [0.1, 0.15) is 26.2 Å². The van der Waals surface area contributed by atoms with E-state index in [1.165, 1.54) is 18.5 Å². The molecule has 0 saturated carbocycles. The van der Waals surface area contributed by atoms with Gasteiger partial charge in [0.1, 0.15) is 0 Å². The molecular formula is C12H17N3. The summed E-state index contributed by atoms with van der Waals surface area (Å²) >= 11 is 0. The third kappa shape index (κ3) is 2.50. The number of hydrogen-bond acceptors (Lipinski definition) is 3. The number of rotatable bonds is 4. The first-order chi connectivity index (χ1) is 7.40. The maximum absolute atomic E-state index is 3.18. The van der Waals surface area contributed by atoms with Crippen molar-refractivity contribution < 1.29 is 0 Å². The quantitative estimate of drug-likeness (QED) is 0.787. The van der Waals surface area contributed by atoms with Crippen molar-refractivity contribution in [3.05, 3.63) is 42.2 Å². The van der Waals surface area contributed by atoms with Gasteiger partial charge in [0.15, 0.2) is 0 Å². The van der Waals surface area contributed by atoms with Crippen molar-refractivity contribution in [3.63, 3.8) is 0 Å². The van der Waals surface area contributed by atoms with E-state index in [9.17, 15) is 0 Å². The van der Waals surface area contributed by atoms with E-state index in [0.29, 0.717) is 0 Å². The monoisotopic (exact) mass is 203 g/mol. The van der Waals surface area contributed by atoms with E-state index in [1.807, 2.05) is 23.2 Å². The summed E-state index contributed by atoms with van der Waals surface area (Å²) in [6.07, 6.45) is 5.67. The molecule has 0 radical (unpaired) electrons. The SMILES string of the molecule is CCCCC1=CN(c2ccccc2)NN1. The van der Waals surface area contributed by atoms with Gasteiger partial charge in [-0.3, -0.25) is 5.01 Å². The van der Waals surface area contributed by atoms with Gasteiger partial charge in [0, 0.05) is 11.9 Å². The summed E-state index contributed by atoms with van der Waals surface area (Å²) in [6.45, 7) is 2.21. The third-order valence-corrected chi connectivity index (χ3v) is 2.46. The average molecular weight is 203 g/mol. The lowest BCUT2D eigenvalue weighted by atomic mass is 10.2. The Morgan fingerprint density at radius 3 is 2.73 bits per heavy atom. The number of nitrogens with zero attached hydrogens (tertiary/aromatic N) is 1. The smallest absolute Gasteiger partial charge is 0.0589 e. The summed E-state index contributed by atoms with van der Waals surface area (Å²) in [5.74, 6) is 0. The van der Waals surface area contributed by atoms with Crippen LogP contribution < -0.4 is 16.0 Å². The van der Waals surface area contributed by atoms with E-state index in [0.717, 1.165) is 12.1 Å². The molecule has 0 atom stereocenters. The molecule has 3 nitrogen and oxygen atoms in total. The van der Waals surface area contributed by atoms with Crippen LogP contribution >= 0.6 is 0 Å². The molecule has 2 N–H and O–H groups in total. The van der Waals surface area contributed by atoms with Crippen molar-refractivity contribution in [2.75, 3.05) is 5.01 Å². The standard InChI is InChI=1S/C12H17N3/c1-2-3-7-11-10-15(14-13-11)12-8-5-4-6-9-12/h4-6,8-10,13-14H,2-3,7H2,1H3. The average Bonchev–Trinajstić information content (AvgIpc) is 2.76. The van der Waals surface area contributed by atoms with E-state index in [-0.39, 0.29) is 0 Å². The molecule has 1 aliphatic heterocycles. The van der Waals surface area contributed by atoms with Gasteiger partial charge in [0.25, 0.3) is 0 Å². The Morgan fingerprint density at radius 1 is 1.20 bits per heavy atom. The molecule has 3 heteroatoms. The maximum atomic E-state index is 3.18. The van der Waals surface area contributed by atoms with E-state index in [4.69, 9.17) is 0 Å². The van der Waals surface area contributed by atoms with Gasteiger partial charge < -0.3 is 5.43 Å². The van der Waals surface area contributed by atoms with Gasteiger partial charge in [-0.25, -0.2) is 0 Å². The first-order valence-corrected chi connectivity index (χ1v) is 5.47. The highest BCUT2D eigenvalue weighted by Crippen LogP contribution is 2.16. The third-order valence-electron chi connectivity index (χ3n) is 2.46. The van der Waals surface area contributed by atoms with Crippen molar-refractivity contribution >= 4 is 5.69 Å². The van der Waals surface area contributed by atoms with Gasteiger partial charge in [0.2, 0.25) is 0 Å². The minimum atomic E-state index is 1.10. The molecule has 0 aliphatic carbocycles. The first-order valence-electron chi connectivity index (χ1n) is 5.47. The molecule has 1 heterocycles. The summed E-state index contributed by atoms with van der Waals surface area (Å²) in [4.78, 5) is 0. The second kappa shape index (κ2) is 4.84. The van der Waals surface area contributed by atoms with Crippen molar-refractivity contribution in [1.82, 2.24) is 11.0 Å². The van der Waals surface area contributed by atoms with E-state index >= 15 is 0 Å². The highest BCUT2D eigenvalue weighted by atomic mass is 15.7. The number of benzene rings is 1. The molecule has 0 saturated heterocycles. The zero-order valence-corrected chi connectivity index (χ0v) is 9.03. The second-order valence-electron chi connectivity index (χ2n) is 3.70. The number of hydrogen-bond donors (Lipinski definition) is 2. The van der Waals surface area contributed by atoms with Crippen LogP contribution in [0.4, 0.5) is 5.69 Å². The topological polar surface area (TPSA) is 27.3 Å². The molecule has 2 rings (SSSR count). The Labute approximate surface area is 90.7 Å². The highest BCUT2D eigenvalue weighted by Gasteiger charge is 2.11. The number of allylic oxidation sites excluding steroid dienone is 1. The van der Waals surface area contributed by atoms with E-state index in [2.05, 4.69) is 36.2 Å². The second-order valence-corrected chi connectivity index (χ2v) is 3.70. The summed E-state index contributed by atoms with van der Waals surface area (Å²) in [5, 5.41) is 2.00. The number of hydrazine groups is 2. The highest BCUT2D eigenvalue weighted by molar-refractivity contribution is 5.49. The summed E-state index contributed by atoms with van der Waals surface area (Å²) < 4.78 is 0.